The molecule has 9 heteroatoms. The molecule has 3 N–H and O–H groups in total. The molecule has 0 aromatic heterocycles. The molecule has 1 aromatic rings. The van der Waals surface area contributed by atoms with Gasteiger partial charge < -0.3 is 10.1 Å². The normalized spacial score (nSPS) is 16.0. The summed E-state index contributed by atoms with van der Waals surface area (Å²) in [5.74, 6) is -0.739. The first kappa shape index (κ1) is 25.9. The highest BCUT2D eigenvalue weighted by atomic mass is 32.2. The number of thioether (sulfide) groups is 1. The number of carbonyl (C=O) groups is 4. The molecule has 2 rings (SSSR count). The first-order valence-corrected chi connectivity index (χ1v) is 12.1. The summed E-state index contributed by atoms with van der Waals surface area (Å²) in [7, 11) is 1.33. The van der Waals surface area contributed by atoms with Crippen molar-refractivity contribution in [2.75, 3.05) is 19.1 Å². The van der Waals surface area contributed by atoms with E-state index in [-0.39, 0.29) is 5.92 Å². The van der Waals surface area contributed by atoms with Crippen molar-refractivity contribution >= 4 is 36.0 Å². The number of carbonyl (C=O) groups excluding carboxylic acids is 4. The maximum absolute atomic E-state index is 13.1. The molecule has 0 spiro atoms. The number of amides is 3. The molecule has 0 fully saturated rings. The molecule has 0 heterocycles. The summed E-state index contributed by atoms with van der Waals surface area (Å²) >= 11 is 1.54. The Morgan fingerprint density at radius 1 is 1.12 bits per heavy atom. The van der Waals surface area contributed by atoms with Crippen molar-refractivity contribution in [2.24, 2.45) is 5.92 Å². The molecule has 2 atom stereocenters. The van der Waals surface area contributed by atoms with Gasteiger partial charge in [0.25, 0.3) is 0 Å². The second-order valence-corrected chi connectivity index (χ2v) is 9.48. The molecule has 0 radical (unpaired) electrons. The number of benzene rings is 1. The SMILES string of the molecule is COC(=O)C1(NC(CC(C)C)C(=O)NC(=O)C(CCSC)NC=O)Cc2ccccc2C1. The van der Waals surface area contributed by atoms with Crippen molar-refractivity contribution in [3.8, 4) is 0 Å². The number of hydrogen-bond donors (Lipinski definition) is 3. The van der Waals surface area contributed by atoms with Gasteiger partial charge >= 0.3 is 5.97 Å². The molecule has 0 saturated carbocycles. The molecular formula is C23H33N3O5S. The van der Waals surface area contributed by atoms with Gasteiger partial charge in [-0.15, -0.1) is 0 Å². The predicted octanol–water partition coefficient (Wildman–Crippen LogP) is 1.21. The summed E-state index contributed by atoms with van der Waals surface area (Å²) in [6.07, 6.45) is 3.98. The Balaban J connectivity index is 2.22. The summed E-state index contributed by atoms with van der Waals surface area (Å²) in [5.41, 5.74) is 0.965. The summed E-state index contributed by atoms with van der Waals surface area (Å²) in [5, 5.41) is 8.14. The van der Waals surface area contributed by atoms with Crippen LogP contribution in [-0.4, -0.2) is 60.9 Å². The maximum Gasteiger partial charge on any atom is 0.326 e. The second kappa shape index (κ2) is 12.0. The Morgan fingerprint density at radius 2 is 1.72 bits per heavy atom. The van der Waals surface area contributed by atoms with Crippen LogP contribution in [0.1, 0.15) is 37.8 Å². The summed E-state index contributed by atoms with van der Waals surface area (Å²) in [6, 6.07) is 6.17. The molecule has 1 aromatic carbocycles. The van der Waals surface area contributed by atoms with Gasteiger partial charge in [0.2, 0.25) is 18.2 Å². The largest absolute Gasteiger partial charge is 0.468 e. The van der Waals surface area contributed by atoms with E-state index in [0.717, 1.165) is 11.1 Å². The zero-order valence-corrected chi connectivity index (χ0v) is 19.9. The van der Waals surface area contributed by atoms with Crippen LogP contribution in [-0.2, 0) is 36.8 Å². The molecular weight excluding hydrogens is 430 g/mol. The highest BCUT2D eigenvalue weighted by Crippen LogP contribution is 2.32. The fraction of sp³-hybridized carbons (Fsp3) is 0.565. The highest BCUT2D eigenvalue weighted by Gasteiger charge is 2.47. The van der Waals surface area contributed by atoms with Gasteiger partial charge in [0, 0.05) is 12.8 Å². The summed E-state index contributed by atoms with van der Waals surface area (Å²) < 4.78 is 5.10. The van der Waals surface area contributed by atoms with Crippen molar-refractivity contribution in [1.82, 2.24) is 16.0 Å². The van der Waals surface area contributed by atoms with Gasteiger partial charge in [-0.3, -0.25) is 29.8 Å². The van der Waals surface area contributed by atoms with Gasteiger partial charge in [-0.25, -0.2) is 0 Å². The Bertz CT molecular complexity index is 805. The van der Waals surface area contributed by atoms with Crippen LogP contribution in [0, 0.1) is 5.92 Å². The van der Waals surface area contributed by atoms with Crippen LogP contribution in [0.25, 0.3) is 0 Å². The number of esters is 1. The number of imide groups is 1. The first-order valence-electron chi connectivity index (χ1n) is 10.7. The van der Waals surface area contributed by atoms with Gasteiger partial charge in [-0.2, -0.15) is 11.8 Å². The van der Waals surface area contributed by atoms with Crippen molar-refractivity contribution in [2.45, 2.75) is 57.2 Å². The number of ether oxygens (including phenoxy) is 1. The third kappa shape index (κ3) is 6.56. The minimum atomic E-state index is -1.09. The minimum Gasteiger partial charge on any atom is -0.468 e. The van der Waals surface area contributed by atoms with Crippen molar-refractivity contribution in [1.29, 1.82) is 0 Å². The lowest BCUT2D eigenvalue weighted by atomic mass is 9.92. The minimum absolute atomic E-state index is 0.132. The Hall–Kier alpha value is -2.39. The van der Waals surface area contributed by atoms with Gasteiger partial charge in [0.05, 0.1) is 13.2 Å². The molecule has 0 saturated heterocycles. The van der Waals surface area contributed by atoms with Crippen molar-refractivity contribution < 1.29 is 23.9 Å². The molecule has 8 nitrogen and oxygen atoms in total. The lowest BCUT2D eigenvalue weighted by molar-refractivity contribution is -0.149. The lowest BCUT2D eigenvalue weighted by Gasteiger charge is -2.32. The monoisotopic (exact) mass is 463 g/mol. The number of fused-ring (bicyclic) bond motifs is 1. The molecule has 176 valence electrons. The van der Waals surface area contributed by atoms with Crippen LogP contribution in [0.3, 0.4) is 0 Å². The summed E-state index contributed by atoms with van der Waals surface area (Å²) in [6.45, 7) is 3.93. The molecule has 2 unspecified atom stereocenters. The number of hydrogen-bond acceptors (Lipinski definition) is 7. The van der Waals surface area contributed by atoms with E-state index in [1.54, 1.807) is 11.8 Å². The standard InChI is InChI=1S/C23H33N3O5S/c1-15(2)11-19(21(29)25-20(28)18(24-14-27)9-10-32-4)26-23(22(30)31-3)12-16-7-5-6-8-17(16)13-23/h5-8,14-15,18-19,26H,9-13H2,1-4H3,(H,24,27)(H,25,28,29). The van der Waals surface area contributed by atoms with E-state index >= 15 is 0 Å². The van der Waals surface area contributed by atoms with Crippen LogP contribution in [0.4, 0.5) is 0 Å². The fourth-order valence-corrected chi connectivity index (χ4v) is 4.53. The van der Waals surface area contributed by atoms with E-state index in [4.69, 9.17) is 4.74 Å². The molecule has 0 bridgehead atoms. The fourth-order valence-electron chi connectivity index (χ4n) is 4.06. The quantitative estimate of drug-likeness (QED) is 0.315. The summed E-state index contributed by atoms with van der Waals surface area (Å²) in [4.78, 5) is 49.5. The molecule has 1 aliphatic rings. The van der Waals surface area contributed by atoms with Crippen molar-refractivity contribution in [3.63, 3.8) is 0 Å². The number of nitrogens with one attached hydrogen (secondary N) is 3. The Kier molecular flexibility index (Phi) is 9.71. The molecule has 0 aliphatic heterocycles. The van der Waals surface area contributed by atoms with Gasteiger partial charge in [0.15, 0.2) is 0 Å². The first-order chi connectivity index (χ1) is 15.3. The average molecular weight is 464 g/mol. The zero-order chi connectivity index (χ0) is 23.7. The van der Waals surface area contributed by atoms with E-state index in [2.05, 4.69) is 16.0 Å². The van der Waals surface area contributed by atoms with Crippen LogP contribution < -0.4 is 16.0 Å². The third-order valence-electron chi connectivity index (χ3n) is 5.60. The van der Waals surface area contributed by atoms with Crippen LogP contribution in [0.5, 0.6) is 0 Å². The van der Waals surface area contributed by atoms with E-state index in [9.17, 15) is 19.2 Å². The van der Waals surface area contributed by atoms with Crippen LogP contribution in [0.2, 0.25) is 0 Å². The van der Waals surface area contributed by atoms with E-state index in [1.165, 1.54) is 7.11 Å². The lowest BCUT2D eigenvalue weighted by Crippen LogP contribution is -2.62. The van der Waals surface area contributed by atoms with E-state index < -0.39 is 35.4 Å². The van der Waals surface area contributed by atoms with Crippen LogP contribution in [0.15, 0.2) is 24.3 Å². The van der Waals surface area contributed by atoms with Gasteiger partial charge in [0.1, 0.15) is 11.6 Å². The topological polar surface area (TPSA) is 114 Å². The van der Waals surface area contributed by atoms with E-state index in [0.29, 0.717) is 37.8 Å². The number of rotatable bonds is 12. The van der Waals surface area contributed by atoms with Crippen LogP contribution >= 0.6 is 11.8 Å². The van der Waals surface area contributed by atoms with Crippen molar-refractivity contribution in [3.05, 3.63) is 35.4 Å². The zero-order valence-electron chi connectivity index (χ0n) is 19.1. The Labute approximate surface area is 193 Å². The third-order valence-corrected chi connectivity index (χ3v) is 6.24. The predicted molar refractivity (Wildman–Crippen MR) is 124 cm³/mol. The Morgan fingerprint density at radius 3 is 2.22 bits per heavy atom. The smallest absolute Gasteiger partial charge is 0.326 e. The van der Waals surface area contributed by atoms with E-state index in [1.807, 2.05) is 44.4 Å². The number of methoxy groups -OCH3 is 1. The molecule has 1 aliphatic carbocycles. The average Bonchev–Trinajstić information content (AvgIpc) is 3.14. The molecule has 3 amide bonds. The highest BCUT2D eigenvalue weighted by molar-refractivity contribution is 7.98. The maximum atomic E-state index is 13.1. The molecule has 32 heavy (non-hydrogen) atoms. The van der Waals surface area contributed by atoms with Gasteiger partial charge in [-0.05, 0) is 41.9 Å². The van der Waals surface area contributed by atoms with Gasteiger partial charge in [-0.1, -0.05) is 38.1 Å². The second-order valence-electron chi connectivity index (χ2n) is 8.49.